The van der Waals surface area contributed by atoms with Gasteiger partial charge in [-0.25, -0.2) is 4.79 Å². The Labute approximate surface area is 125 Å². The van der Waals surface area contributed by atoms with E-state index in [2.05, 4.69) is 29.6 Å². The van der Waals surface area contributed by atoms with Gasteiger partial charge in [0, 0.05) is 13.1 Å². The van der Waals surface area contributed by atoms with E-state index in [0.29, 0.717) is 0 Å². The van der Waals surface area contributed by atoms with Crippen molar-refractivity contribution in [2.75, 3.05) is 13.1 Å². The van der Waals surface area contributed by atoms with Crippen LogP contribution in [-0.4, -0.2) is 24.0 Å². The third kappa shape index (κ3) is 2.29. The Morgan fingerprint density at radius 1 is 0.952 bits per heavy atom. The average Bonchev–Trinajstić information content (AvgIpc) is 2.84. The number of amides is 2. The number of nitrogens with zero attached hydrogens (tertiary/aromatic N) is 1. The summed E-state index contributed by atoms with van der Waals surface area (Å²) < 4.78 is 0. The van der Waals surface area contributed by atoms with Gasteiger partial charge in [-0.3, -0.25) is 0 Å². The zero-order chi connectivity index (χ0) is 14.8. The highest BCUT2D eigenvalue weighted by molar-refractivity contribution is 5.82. The molecule has 3 heteroatoms. The molecule has 0 spiro atoms. The monoisotopic (exact) mass is 280 g/mol. The summed E-state index contributed by atoms with van der Waals surface area (Å²) in [4.78, 5) is 14.2. The molecule has 0 heterocycles. The molecule has 2 aromatic rings. The van der Waals surface area contributed by atoms with E-state index in [4.69, 9.17) is 0 Å². The summed E-state index contributed by atoms with van der Waals surface area (Å²) in [5.74, 6) is 0. The van der Waals surface area contributed by atoms with Gasteiger partial charge in [0.25, 0.3) is 0 Å². The van der Waals surface area contributed by atoms with Crippen LogP contribution in [0.25, 0.3) is 11.1 Å². The first-order valence-electron chi connectivity index (χ1n) is 7.50. The SMILES string of the molecule is CCN(CC)C(=O)NC1c2ccccc2-c2ccccc21. The quantitative estimate of drug-likeness (QED) is 0.911. The molecule has 21 heavy (non-hydrogen) atoms. The van der Waals surface area contributed by atoms with Crippen LogP contribution >= 0.6 is 0 Å². The molecule has 0 aliphatic heterocycles. The molecule has 108 valence electrons. The normalized spacial score (nSPS) is 12.7. The number of nitrogens with one attached hydrogen (secondary N) is 1. The van der Waals surface area contributed by atoms with Crippen molar-refractivity contribution in [1.29, 1.82) is 0 Å². The number of hydrogen-bond donors (Lipinski definition) is 1. The molecule has 0 fully saturated rings. The molecule has 0 saturated heterocycles. The van der Waals surface area contributed by atoms with Gasteiger partial charge >= 0.3 is 6.03 Å². The smallest absolute Gasteiger partial charge is 0.318 e. The molecule has 0 atom stereocenters. The van der Waals surface area contributed by atoms with Crippen LogP contribution in [0, 0.1) is 0 Å². The third-order valence-corrected chi connectivity index (χ3v) is 4.15. The minimum atomic E-state index is -0.0505. The van der Waals surface area contributed by atoms with E-state index >= 15 is 0 Å². The molecule has 1 aliphatic carbocycles. The molecule has 1 aliphatic rings. The third-order valence-electron chi connectivity index (χ3n) is 4.15. The summed E-state index contributed by atoms with van der Waals surface area (Å²) in [7, 11) is 0. The topological polar surface area (TPSA) is 32.3 Å². The number of urea groups is 1. The van der Waals surface area contributed by atoms with Crippen molar-refractivity contribution in [1.82, 2.24) is 10.2 Å². The first-order chi connectivity index (χ1) is 10.3. The maximum atomic E-state index is 12.4. The van der Waals surface area contributed by atoms with Crippen LogP contribution in [0.15, 0.2) is 48.5 Å². The molecule has 2 aromatic carbocycles. The van der Waals surface area contributed by atoms with Crippen LogP contribution in [0.2, 0.25) is 0 Å². The predicted octanol–water partition coefficient (Wildman–Crippen LogP) is 3.81. The minimum Gasteiger partial charge on any atom is -0.327 e. The van der Waals surface area contributed by atoms with Gasteiger partial charge in [0.1, 0.15) is 0 Å². The van der Waals surface area contributed by atoms with Gasteiger partial charge in [0.05, 0.1) is 6.04 Å². The van der Waals surface area contributed by atoms with Crippen molar-refractivity contribution in [3.05, 3.63) is 59.7 Å². The van der Waals surface area contributed by atoms with Crippen LogP contribution in [-0.2, 0) is 0 Å². The lowest BCUT2D eigenvalue weighted by Crippen LogP contribution is -2.41. The van der Waals surface area contributed by atoms with Crippen molar-refractivity contribution < 1.29 is 4.79 Å². The Bertz CT molecular complexity index is 616. The maximum absolute atomic E-state index is 12.4. The van der Waals surface area contributed by atoms with Crippen molar-refractivity contribution in [3.8, 4) is 11.1 Å². The van der Waals surface area contributed by atoms with E-state index in [9.17, 15) is 4.79 Å². The van der Waals surface area contributed by atoms with Crippen LogP contribution < -0.4 is 5.32 Å². The summed E-state index contributed by atoms with van der Waals surface area (Å²) in [6.45, 7) is 5.44. The van der Waals surface area contributed by atoms with Gasteiger partial charge in [0.15, 0.2) is 0 Å². The summed E-state index contributed by atoms with van der Waals surface area (Å²) in [5.41, 5.74) is 4.80. The van der Waals surface area contributed by atoms with Crippen LogP contribution in [0.1, 0.15) is 31.0 Å². The van der Waals surface area contributed by atoms with Gasteiger partial charge in [0.2, 0.25) is 0 Å². The van der Waals surface area contributed by atoms with E-state index in [0.717, 1.165) is 13.1 Å². The molecule has 3 nitrogen and oxygen atoms in total. The van der Waals surface area contributed by atoms with E-state index in [1.54, 1.807) is 0 Å². The minimum absolute atomic E-state index is 0.00324. The number of hydrogen-bond acceptors (Lipinski definition) is 1. The second-order valence-corrected chi connectivity index (χ2v) is 5.23. The lowest BCUT2D eigenvalue weighted by Gasteiger charge is -2.23. The van der Waals surface area contributed by atoms with E-state index in [1.165, 1.54) is 22.3 Å². The summed E-state index contributed by atoms with van der Waals surface area (Å²) >= 11 is 0. The molecular formula is C18H20N2O. The zero-order valence-corrected chi connectivity index (χ0v) is 12.5. The van der Waals surface area contributed by atoms with E-state index < -0.39 is 0 Å². The van der Waals surface area contributed by atoms with Crippen molar-refractivity contribution in [3.63, 3.8) is 0 Å². The summed E-state index contributed by atoms with van der Waals surface area (Å²) in [5, 5.41) is 3.18. The molecule has 1 N–H and O–H groups in total. The number of fused-ring (bicyclic) bond motifs is 3. The predicted molar refractivity (Wildman–Crippen MR) is 85.2 cm³/mol. The van der Waals surface area contributed by atoms with Crippen LogP contribution in [0.4, 0.5) is 4.79 Å². The molecule has 0 radical (unpaired) electrons. The van der Waals surface area contributed by atoms with Gasteiger partial charge < -0.3 is 10.2 Å². The molecule has 0 unspecified atom stereocenters. The molecular weight excluding hydrogens is 260 g/mol. The van der Waals surface area contributed by atoms with Gasteiger partial charge in [-0.2, -0.15) is 0 Å². The lowest BCUT2D eigenvalue weighted by molar-refractivity contribution is 0.201. The number of carbonyl (C=O) groups is 1. The highest BCUT2D eigenvalue weighted by Crippen LogP contribution is 2.42. The Morgan fingerprint density at radius 2 is 1.43 bits per heavy atom. The molecule has 0 bridgehead atoms. The highest BCUT2D eigenvalue weighted by atomic mass is 16.2. The van der Waals surface area contributed by atoms with Crippen molar-refractivity contribution >= 4 is 6.03 Å². The van der Waals surface area contributed by atoms with Crippen LogP contribution in [0.3, 0.4) is 0 Å². The number of carbonyl (C=O) groups excluding carboxylic acids is 1. The molecule has 0 saturated carbocycles. The molecule has 2 amide bonds. The Hall–Kier alpha value is -2.29. The first-order valence-corrected chi connectivity index (χ1v) is 7.50. The summed E-state index contributed by atoms with van der Waals surface area (Å²) in [6.07, 6.45) is 0. The molecule has 3 rings (SSSR count). The Kier molecular flexibility index (Phi) is 3.65. The van der Waals surface area contributed by atoms with Crippen molar-refractivity contribution in [2.24, 2.45) is 0 Å². The van der Waals surface area contributed by atoms with Gasteiger partial charge in [-0.05, 0) is 36.1 Å². The van der Waals surface area contributed by atoms with E-state index in [1.807, 2.05) is 43.0 Å². The fourth-order valence-corrected chi connectivity index (χ4v) is 3.04. The fourth-order valence-electron chi connectivity index (χ4n) is 3.04. The first kappa shape index (κ1) is 13.7. The summed E-state index contributed by atoms with van der Waals surface area (Å²) in [6, 6.07) is 16.5. The Balaban J connectivity index is 1.97. The standard InChI is InChI=1S/C18H20N2O/c1-3-20(4-2)18(21)19-17-15-11-7-5-9-13(15)14-10-6-8-12-16(14)17/h5-12,17H,3-4H2,1-2H3,(H,19,21). The fraction of sp³-hybridized carbons (Fsp3) is 0.278. The van der Waals surface area contributed by atoms with Gasteiger partial charge in [-0.1, -0.05) is 48.5 Å². The second-order valence-electron chi connectivity index (χ2n) is 5.23. The zero-order valence-electron chi connectivity index (χ0n) is 12.5. The van der Waals surface area contributed by atoms with Crippen LogP contribution in [0.5, 0.6) is 0 Å². The number of benzene rings is 2. The average molecular weight is 280 g/mol. The maximum Gasteiger partial charge on any atom is 0.318 e. The number of rotatable bonds is 3. The largest absolute Gasteiger partial charge is 0.327 e. The van der Waals surface area contributed by atoms with Crippen molar-refractivity contribution in [2.45, 2.75) is 19.9 Å². The Morgan fingerprint density at radius 3 is 1.90 bits per heavy atom. The highest BCUT2D eigenvalue weighted by Gasteiger charge is 2.29. The second kappa shape index (κ2) is 5.60. The lowest BCUT2D eigenvalue weighted by atomic mass is 10.1. The van der Waals surface area contributed by atoms with Gasteiger partial charge in [-0.15, -0.1) is 0 Å². The van der Waals surface area contributed by atoms with E-state index in [-0.39, 0.29) is 12.1 Å². The molecule has 0 aromatic heterocycles.